The number of hydrogen-bond donors (Lipinski definition) is 0. The maximum absolute atomic E-state index is 13.1. The van der Waals surface area contributed by atoms with Gasteiger partial charge >= 0.3 is 12.1 Å². The molecule has 2 aromatic heterocycles. The van der Waals surface area contributed by atoms with Gasteiger partial charge < -0.3 is 9.47 Å². The fraction of sp³-hybridized carbons (Fsp3) is 0.350. The standard InChI is InChI=1S/C20H18F3N3O3S/c21-20(22,23)13-5-3-6-14(11-13)26-18(16-8-4-10-30-16)24-17(25-26)19(27)29-12-15-7-1-2-9-28-15/h3-6,8,10-11,15H,1-2,7,9,12H2. The van der Waals surface area contributed by atoms with E-state index >= 15 is 0 Å². The van der Waals surface area contributed by atoms with Gasteiger partial charge in [-0.3, -0.25) is 0 Å². The Balaban J connectivity index is 1.63. The van der Waals surface area contributed by atoms with E-state index in [1.54, 1.807) is 17.5 Å². The minimum Gasteiger partial charge on any atom is -0.457 e. The summed E-state index contributed by atoms with van der Waals surface area (Å²) in [4.78, 5) is 17.4. The second-order valence-corrected chi connectivity index (χ2v) is 7.73. The number of halogens is 3. The van der Waals surface area contributed by atoms with Crippen LogP contribution in [-0.2, 0) is 15.7 Å². The monoisotopic (exact) mass is 437 g/mol. The first-order valence-corrected chi connectivity index (χ1v) is 10.3. The van der Waals surface area contributed by atoms with E-state index in [4.69, 9.17) is 9.47 Å². The van der Waals surface area contributed by atoms with Gasteiger partial charge in [0.15, 0.2) is 5.82 Å². The molecule has 4 rings (SSSR count). The van der Waals surface area contributed by atoms with Gasteiger partial charge in [-0.05, 0) is 48.9 Å². The van der Waals surface area contributed by atoms with Gasteiger partial charge in [-0.15, -0.1) is 16.4 Å². The van der Waals surface area contributed by atoms with E-state index in [2.05, 4.69) is 10.1 Å². The second-order valence-electron chi connectivity index (χ2n) is 6.78. The lowest BCUT2D eigenvalue weighted by atomic mass is 10.1. The Hall–Kier alpha value is -2.72. The molecule has 6 nitrogen and oxygen atoms in total. The topological polar surface area (TPSA) is 66.2 Å². The Morgan fingerprint density at radius 2 is 2.13 bits per heavy atom. The maximum atomic E-state index is 13.1. The molecular formula is C20H18F3N3O3S. The van der Waals surface area contributed by atoms with Gasteiger partial charge in [0, 0.05) is 6.61 Å². The van der Waals surface area contributed by atoms with Crippen molar-refractivity contribution in [1.82, 2.24) is 14.8 Å². The van der Waals surface area contributed by atoms with Crippen molar-refractivity contribution in [3.63, 3.8) is 0 Å². The number of hydrogen-bond acceptors (Lipinski definition) is 6. The van der Waals surface area contributed by atoms with E-state index in [0.29, 0.717) is 11.5 Å². The predicted molar refractivity (Wildman–Crippen MR) is 104 cm³/mol. The minimum absolute atomic E-state index is 0.0886. The maximum Gasteiger partial charge on any atom is 0.416 e. The van der Waals surface area contributed by atoms with Gasteiger partial charge in [0.1, 0.15) is 6.61 Å². The average Bonchev–Trinajstić information content (AvgIpc) is 3.42. The second kappa shape index (κ2) is 8.57. The molecule has 1 aliphatic rings. The number of carbonyl (C=O) groups is 1. The average molecular weight is 437 g/mol. The van der Waals surface area contributed by atoms with E-state index in [0.717, 1.165) is 31.4 Å². The molecule has 0 aliphatic carbocycles. The first-order valence-electron chi connectivity index (χ1n) is 9.39. The molecule has 0 bridgehead atoms. The molecule has 1 aromatic carbocycles. The van der Waals surface area contributed by atoms with Crippen LogP contribution in [-0.4, -0.2) is 40.1 Å². The normalized spacial score (nSPS) is 17.1. The number of thiophene rings is 1. The number of nitrogens with zero attached hydrogens (tertiary/aromatic N) is 3. The van der Waals surface area contributed by atoms with E-state index < -0.39 is 17.7 Å². The molecule has 0 N–H and O–H groups in total. The van der Waals surface area contributed by atoms with Crippen LogP contribution < -0.4 is 0 Å². The van der Waals surface area contributed by atoms with Gasteiger partial charge in [-0.25, -0.2) is 9.48 Å². The van der Waals surface area contributed by atoms with E-state index in [9.17, 15) is 18.0 Å². The third-order valence-electron chi connectivity index (χ3n) is 4.62. The van der Waals surface area contributed by atoms with Crippen molar-refractivity contribution in [1.29, 1.82) is 0 Å². The zero-order valence-corrected chi connectivity index (χ0v) is 16.6. The van der Waals surface area contributed by atoms with Gasteiger partial charge in [0.2, 0.25) is 0 Å². The summed E-state index contributed by atoms with van der Waals surface area (Å²) in [5.74, 6) is -0.690. The number of alkyl halides is 3. The number of aromatic nitrogens is 3. The van der Waals surface area contributed by atoms with Crippen molar-refractivity contribution >= 4 is 17.3 Å². The van der Waals surface area contributed by atoms with Crippen molar-refractivity contribution in [2.24, 2.45) is 0 Å². The van der Waals surface area contributed by atoms with Crippen LogP contribution in [0.3, 0.4) is 0 Å². The van der Waals surface area contributed by atoms with Crippen molar-refractivity contribution in [2.75, 3.05) is 13.2 Å². The molecule has 0 amide bonds. The van der Waals surface area contributed by atoms with Crippen LogP contribution in [0.15, 0.2) is 41.8 Å². The van der Waals surface area contributed by atoms with Gasteiger partial charge in [0.05, 0.1) is 22.2 Å². The Kier molecular flexibility index (Phi) is 5.87. The summed E-state index contributed by atoms with van der Waals surface area (Å²) >= 11 is 1.34. The highest BCUT2D eigenvalue weighted by Gasteiger charge is 2.31. The summed E-state index contributed by atoms with van der Waals surface area (Å²) in [5, 5.41) is 5.96. The SMILES string of the molecule is O=C(OCC1CCCCO1)c1nc(-c2cccs2)n(-c2cccc(C(F)(F)F)c2)n1. The first kappa shape index (κ1) is 20.5. The summed E-state index contributed by atoms with van der Waals surface area (Å²) in [6.45, 7) is 0.721. The van der Waals surface area contributed by atoms with Gasteiger partial charge in [0.25, 0.3) is 5.82 Å². The molecule has 0 radical (unpaired) electrons. The Morgan fingerprint density at radius 1 is 1.27 bits per heavy atom. The zero-order chi connectivity index (χ0) is 21.1. The fourth-order valence-corrected chi connectivity index (χ4v) is 3.83. The molecule has 1 saturated heterocycles. The molecule has 1 unspecified atom stereocenters. The molecule has 1 atom stereocenters. The number of rotatable bonds is 5. The molecule has 158 valence electrons. The molecule has 3 heterocycles. The Bertz CT molecular complexity index is 1010. The molecule has 10 heteroatoms. The van der Waals surface area contributed by atoms with Crippen molar-refractivity contribution in [3.05, 3.63) is 53.2 Å². The molecule has 1 aliphatic heterocycles. The van der Waals surface area contributed by atoms with Crippen LogP contribution in [0.25, 0.3) is 16.4 Å². The highest BCUT2D eigenvalue weighted by atomic mass is 32.1. The predicted octanol–water partition coefficient (Wildman–Crippen LogP) is 4.74. The summed E-state index contributed by atoms with van der Waals surface area (Å²) in [6.07, 6.45) is -1.86. The van der Waals surface area contributed by atoms with Crippen LogP contribution >= 0.6 is 11.3 Å². The molecule has 1 fully saturated rings. The highest BCUT2D eigenvalue weighted by molar-refractivity contribution is 7.13. The molecule has 3 aromatic rings. The van der Waals surface area contributed by atoms with Crippen molar-refractivity contribution < 1.29 is 27.4 Å². The summed E-state index contributed by atoms with van der Waals surface area (Å²) in [7, 11) is 0. The number of benzene rings is 1. The van der Waals surface area contributed by atoms with Gasteiger partial charge in [-0.1, -0.05) is 12.1 Å². The van der Waals surface area contributed by atoms with E-state index in [1.165, 1.54) is 28.2 Å². The molecule has 30 heavy (non-hydrogen) atoms. The lowest BCUT2D eigenvalue weighted by Crippen LogP contribution is -2.26. The largest absolute Gasteiger partial charge is 0.457 e. The van der Waals surface area contributed by atoms with Crippen molar-refractivity contribution in [3.8, 4) is 16.4 Å². The van der Waals surface area contributed by atoms with E-state index in [-0.39, 0.29) is 30.0 Å². The van der Waals surface area contributed by atoms with Crippen molar-refractivity contribution in [2.45, 2.75) is 31.5 Å². The molecular weight excluding hydrogens is 419 g/mol. The lowest BCUT2D eigenvalue weighted by Gasteiger charge is -2.21. The Morgan fingerprint density at radius 3 is 2.83 bits per heavy atom. The lowest BCUT2D eigenvalue weighted by molar-refractivity contribution is -0.137. The fourth-order valence-electron chi connectivity index (χ4n) is 3.13. The van der Waals surface area contributed by atoms with Crippen LogP contribution in [0, 0.1) is 0 Å². The number of carbonyl (C=O) groups excluding carboxylic acids is 1. The summed E-state index contributed by atoms with van der Waals surface area (Å²) in [5.41, 5.74) is -0.665. The van der Waals surface area contributed by atoms with E-state index in [1.807, 2.05) is 0 Å². The van der Waals surface area contributed by atoms with Gasteiger partial charge in [-0.2, -0.15) is 18.2 Å². The zero-order valence-electron chi connectivity index (χ0n) is 15.8. The van der Waals surface area contributed by atoms with Crippen LogP contribution in [0.4, 0.5) is 13.2 Å². The third kappa shape index (κ3) is 4.54. The molecule has 0 saturated carbocycles. The number of ether oxygens (including phenoxy) is 2. The number of esters is 1. The quantitative estimate of drug-likeness (QED) is 0.540. The summed E-state index contributed by atoms with van der Waals surface area (Å²) < 4.78 is 51.5. The third-order valence-corrected chi connectivity index (χ3v) is 5.49. The Labute approximate surface area is 174 Å². The molecule has 0 spiro atoms. The highest BCUT2D eigenvalue weighted by Crippen LogP contribution is 2.32. The summed E-state index contributed by atoms with van der Waals surface area (Å²) in [6, 6.07) is 8.25. The van der Waals surface area contributed by atoms with Crippen LogP contribution in [0.1, 0.15) is 35.4 Å². The van der Waals surface area contributed by atoms with Crippen LogP contribution in [0.2, 0.25) is 0 Å². The minimum atomic E-state index is -4.50. The first-order chi connectivity index (χ1) is 14.4. The smallest absolute Gasteiger partial charge is 0.416 e. The van der Waals surface area contributed by atoms with Crippen LogP contribution in [0.5, 0.6) is 0 Å².